The Kier molecular flexibility index (Phi) is 6.91. The lowest BCUT2D eigenvalue weighted by atomic mass is 10.2. The van der Waals surface area contributed by atoms with Crippen molar-refractivity contribution in [3.05, 3.63) is 87.3 Å². The van der Waals surface area contributed by atoms with Gasteiger partial charge >= 0.3 is 0 Å². The Bertz CT molecular complexity index is 1240. The van der Waals surface area contributed by atoms with Crippen molar-refractivity contribution in [1.29, 1.82) is 0 Å². The highest BCUT2D eigenvalue weighted by Gasteiger charge is 2.24. The number of rotatable bonds is 6. The maximum Gasteiger partial charge on any atom is 0.264 e. The molecule has 0 bridgehead atoms. The van der Waals surface area contributed by atoms with E-state index < -0.39 is 0 Å². The van der Waals surface area contributed by atoms with Crippen molar-refractivity contribution in [3.63, 3.8) is 0 Å². The van der Waals surface area contributed by atoms with E-state index in [4.69, 9.17) is 21.1 Å². The van der Waals surface area contributed by atoms with Gasteiger partial charge in [0, 0.05) is 5.02 Å². The third-order valence-corrected chi connectivity index (χ3v) is 6.04. The third kappa shape index (κ3) is 5.50. The van der Waals surface area contributed by atoms with Crippen molar-refractivity contribution in [2.24, 2.45) is 4.99 Å². The van der Waals surface area contributed by atoms with Crippen molar-refractivity contribution in [2.75, 3.05) is 7.11 Å². The smallest absolute Gasteiger partial charge is 0.264 e. The summed E-state index contributed by atoms with van der Waals surface area (Å²) in [5.41, 5.74) is 3.01. The molecule has 1 heterocycles. The molecule has 1 saturated heterocycles. The van der Waals surface area contributed by atoms with Crippen LogP contribution in [0.4, 0.5) is 5.69 Å². The monoisotopic (exact) mass is 480 g/mol. The number of amides is 1. The van der Waals surface area contributed by atoms with Gasteiger partial charge in [0.15, 0.2) is 16.7 Å². The number of ether oxygens (including phenoxy) is 2. The highest BCUT2D eigenvalue weighted by Crippen LogP contribution is 2.35. The van der Waals surface area contributed by atoms with Crippen LogP contribution >= 0.6 is 23.4 Å². The average molecular weight is 481 g/mol. The number of hydrogen-bond donors (Lipinski definition) is 2. The topological polar surface area (TPSA) is 80.2 Å². The van der Waals surface area contributed by atoms with Crippen LogP contribution in [0, 0.1) is 6.92 Å². The predicted octanol–water partition coefficient (Wildman–Crippen LogP) is 5.83. The fraction of sp³-hybridized carbons (Fsp3) is 0.120. The first-order valence-electron chi connectivity index (χ1n) is 10.1. The maximum absolute atomic E-state index is 12.4. The first kappa shape index (κ1) is 22.8. The molecule has 33 heavy (non-hydrogen) atoms. The van der Waals surface area contributed by atoms with Crippen molar-refractivity contribution >= 4 is 46.2 Å². The van der Waals surface area contributed by atoms with Crippen LogP contribution in [0.25, 0.3) is 6.08 Å². The quantitative estimate of drug-likeness (QED) is 0.434. The molecule has 1 aliphatic heterocycles. The Balaban J connectivity index is 1.50. The van der Waals surface area contributed by atoms with Gasteiger partial charge in [0.2, 0.25) is 0 Å². The number of nitrogens with zero attached hydrogens (tertiary/aromatic N) is 1. The number of aryl methyl sites for hydroxylation is 1. The summed E-state index contributed by atoms with van der Waals surface area (Å²) in [4.78, 5) is 17.3. The Labute approximate surface area is 200 Å². The first-order valence-corrected chi connectivity index (χ1v) is 11.3. The summed E-state index contributed by atoms with van der Waals surface area (Å²) in [6.45, 7) is 2.22. The van der Waals surface area contributed by atoms with Crippen LogP contribution in [0.5, 0.6) is 17.2 Å². The minimum atomic E-state index is -0.256. The molecule has 1 aliphatic rings. The SMILES string of the molecule is COc1cc(/C=C2\SC(=Nc3c(C)cccc3O)NC2=O)ccc1OCc1ccc(Cl)cc1. The number of hydrogen-bond acceptors (Lipinski definition) is 6. The minimum absolute atomic E-state index is 0.0636. The second kappa shape index (κ2) is 10.0. The van der Waals surface area contributed by atoms with Crippen LogP contribution in [0.2, 0.25) is 5.02 Å². The summed E-state index contributed by atoms with van der Waals surface area (Å²) in [5.74, 6) is 0.957. The van der Waals surface area contributed by atoms with Crippen molar-refractivity contribution in [3.8, 4) is 17.2 Å². The standard InChI is InChI=1S/C25H21ClN2O4S/c1-15-4-3-5-19(29)23(15)27-25-28-24(30)22(33-25)13-17-8-11-20(21(12-17)31-2)32-14-16-6-9-18(26)10-7-16/h3-13,29H,14H2,1-2H3,(H,27,28,30)/b22-13-. The van der Waals surface area contributed by atoms with Gasteiger partial charge in [-0.1, -0.05) is 41.9 Å². The lowest BCUT2D eigenvalue weighted by molar-refractivity contribution is -0.115. The summed E-state index contributed by atoms with van der Waals surface area (Å²) < 4.78 is 11.4. The molecule has 1 fully saturated rings. The second-order valence-electron chi connectivity index (χ2n) is 7.25. The van der Waals surface area contributed by atoms with Gasteiger partial charge in [-0.3, -0.25) is 4.79 Å². The van der Waals surface area contributed by atoms with Gasteiger partial charge in [-0.2, -0.15) is 0 Å². The Morgan fingerprint density at radius 2 is 1.91 bits per heavy atom. The lowest BCUT2D eigenvalue weighted by Crippen LogP contribution is -2.19. The minimum Gasteiger partial charge on any atom is -0.506 e. The van der Waals surface area contributed by atoms with E-state index in [9.17, 15) is 9.90 Å². The highest BCUT2D eigenvalue weighted by atomic mass is 35.5. The normalized spacial score (nSPS) is 15.7. The van der Waals surface area contributed by atoms with Gasteiger partial charge in [-0.15, -0.1) is 0 Å². The third-order valence-electron chi connectivity index (χ3n) is 4.87. The average Bonchev–Trinajstić information content (AvgIpc) is 3.15. The molecule has 0 aliphatic carbocycles. The van der Waals surface area contributed by atoms with E-state index in [-0.39, 0.29) is 11.7 Å². The number of methoxy groups -OCH3 is 1. The maximum atomic E-state index is 12.4. The predicted molar refractivity (Wildman–Crippen MR) is 132 cm³/mol. The number of thioether (sulfide) groups is 1. The molecule has 6 nitrogen and oxygen atoms in total. The van der Waals surface area contributed by atoms with Gasteiger partial charge in [-0.05, 0) is 71.8 Å². The molecule has 1 amide bonds. The number of aliphatic imine (C=N–C) groups is 1. The van der Waals surface area contributed by atoms with Gasteiger partial charge in [0.05, 0.1) is 12.0 Å². The van der Waals surface area contributed by atoms with Crippen molar-refractivity contribution in [2.45, 2.75) is 13.5 Å². The number of phenols is 1. The molecule has 2 N–H and O–H groups in total. The number of amidine groups is 1. The molecule has 0 saturated carbocycles. The van der Waals surface area contributed by atoms with Gasteiger partial charge < -0.3 is 19.9 Å². The molecule has 0 aromatic heterocycles. The number of carbonyl (C=O) groups is 1. The molecule has 0 atom stereocenters. The molecule has 168 valence electrons. The number of halogens is 1. The van der Waals surface area contributed by atoms with E-state index in [0.29, 0.717) is 38.9 Å². The molecular formula is C25H21ClN2O4S. The van der Waals surface area contributed by atoms with E-state index in [1.54, 1.807) is 37.5 Å². The van der Waals surface area contributed by atoms with E-state index >= 15 is 0 Å². The molecule has 3 aromatic rings. The number of aromatic hydroxyl groups is 1. The summed E-state index contributed by atoms with van der Waals surface area (Å²) in [6.07, 6.45) is 1.76. The van der Waals surface area contributed by atoms with Crippen molar-refractivity contribution in [1.82, 2.24) is 5.32 Å². The first-order chi connectivity index (χ1) is 15.9. The largest absolute Gasteiger partial charge is 0.506 e. The molecule has 8 heteroatoms. The van der Waals surface area contributed by atoms with Crippen molar-refractivity contribution < 1.29 is 19.4 Å². The molecule has 3 aromatic carbocycles. The molecule has 0 radical (unpaired) electrons. The van der Waals surface area contributed by atoms with Crippen LogP contribution < -0.4 is 14.8 Å². The van der Waals surface area contributed by atoms with Gasteiger partial charge in [-0.25, -0.2) is 4.99 Å². The zero-order chi connectivity index (χ0) is 23.4. The lowest BCUT2D eigenvalue weighted by Gasteiger charge is -2.11. The van der Waals surface area contributed by atoms with Gasteiger partial charge in [0.1, 0.15) is 18.0 Å². The molecule has 0 unspecified atom stereocenters. The zero-order valence-electron chi connectivity index (χ0n) is 18.0. The summed E-state index contributed by atoms with van der Waals surface area (Å²) in [6, 6.07) is 18.1. The highest BCUT2D eigenvalue weighted by molar-refractivity contribution is 8.18. The van der Waals surface area contributed by atoms with Crippen LogP contribution in [0.15, 0.2) is 70.6 Å². The molecular weight excluding hydrogens is 460 g/mol. The fourth-order valence-electron chi connectivity index (χ4n) is 3.16. The van der Waals surface area contributed by atoms with Crippen LogP contribution in [-0.4, -0.2) is 23.3 Å². The van der Waals surface area contributed by atoms with Crippen LogP contribution in [0.1, 0.15) is 16.7 Å². The van der Waals surface area contributed by atoms with Gasteiger partial charge in [0.25, 0.3) is 5.91 Å². The number of phenolic OH excluding ortho intramolecular Hbond substituents is 1. The summed E-state index contributed by atoms with van der Waals surface area (Å²) in [7, 11) is 1.57. The van der Waals surface area contributed by atoms with Crippen LogP contribution in [-0.2, 0) is 11.4 Å². The molecule has 4 rings (SSSR count). The second-order valence-corrected chi connectivity index (χ2v) is 8.72. The Morgan fingerprint density at radius 3 is 2.64 bits per heavy atom. The number of carbonyl (C=O) groups excluding carboxylic acids is 1. The number of benzene rings is 3. The van der Waals surface area contributed by atoms with E-state index in [0.717, 1.165) is 16.7 Å². The van der Waals surface area contributed by atoms with E-state index in [1.165, 1.54) is 11.8 Å². The summed E-state index contributed by atoms with van der Waals surface area (Å²) in [5, 5.41) is 13.9. The number of para-hydroxylation sites is 1. The van der Waals surface area contributed by atoms with Crippen LogP contribution in [0.3, 0.4) is 0 Å². The van der Waals surface area contributed by atoms with E-state index in [1.807, 2.05) is 43.3 Å². The Hall–Kier alpha value is -3.42. The zero-order valence-corrected chi connectivity index (χ0v) is 19.5. The van der Waals surface area contributed by atoms with E-state index in [2.05, 4.69) is 10.3 Å². The summed E-state index contributed by atoms with van der Waals surface area (Å²) >= 11 is 7.13. The fourth-order valence-corrected chi connectivity index (χ4v) is 4.11. The Morgan fingerprint density at radius 1 is 1.12 bits per heavy atom. The number of nitrogens with one attached hydrogen (secondary N) is 1. The molecule has 0 spiro atoms.